The van der Waals surface area contributed by atoms with Gasteiger partial charge < -0.3 is 4.90 Å². The van der Waals surface area contributed by atoms with Crippen molar-refractivity contribution in [1.82, 2.24) is 19.9 Å². The summed E-state index contributed by atoms with van der Waals surface area (Å²) in [6, 6.07) is 10.7. The normalized spacial score (nSPS) is 20.3. The molecular weight excluding hydrogens is 276 g/mol. The smallest absolute Gasteiger partial charge is 0.229 e. The first-order valence-corrected chi connectivity index (χ1v) is 7.96. The van der Waals surface area contributed by atoms with Gasteiger partial charge in [-0.1, -0.05) is 42.0 Å². The summed E-state index contributed by atoms with van der Waals surface area (Å²) < 4.78 is 1.86. The van der Waals surface area contributed by atoms with Gasteiger partial charge in [0.15, 0.2) is 0 Å². The minimum atomic E-state index is -0.158. The third-order valence-corrected chi connectivity index (χ3v) is 5.11. The Bertz CT molecular complexity index is 643. The molecule has 0 atom stereocenters. The summed E-state index contributed by atoms with van der Waals surface area (Å²) >= 11 is 0. The summed E-state index contributed by atoms with van der Waals surface area (Å²) in [4.78, 5) is 14.9. The van der Waals surface area contributed by atoms with Crippen molar-refractivity contribution in [2.75, 3.05) is 13.1 Å². The van der Waals surface area contributed by atoms with Crippen LogP contribution in [0.4, 0.5) is 0 Å². The minimum absolute atomic E-state index is 0.158. The summed E-state index contributed by atoms with van der Waals surface area (Å²) in [6.45, 7) is 1.53. The summed E-state index contributed by atoms with van der Waals surface area (Å²) in [5.74, 6) is 0.332. The number of rotatable bonds is 4. The first-order valence-electron chi connectivity index (χ1n) is 7.96. The maximum absolute atomic E-state index is 12.9. The molecule has 114 valence electrons. The molecule has 0 unspecified atom stereocenters. The Morgan fingerprint density at radius 1 is 1.23 bits per heavy atom. The summed E-state index contributed by atoms with van der Waals surface area (Å²) in [5, 5.41) is 7.86. The maximum Gasteiger partial charge on any atom is 0.229 e. The van der Waals surface area contributed by atoms with Crippen molar-refractivity contribution in [2.45, 2.75) is 31.7 Å². The van der Waals surface area contributed by atoms with Gasteiger partial charge in [-0.25, -0.2) is 4.68 Å². The van der Waals surface area contributed by atoms with E-state index in [1.807, 2.05) is 21.8 Å². The third-order valence-electron chi connectivity index (χ3n) is 5.11. The standard InChI is InChI=1S/C17H20N4O/c22-16(20-12-15(13-20)21-10-9-18-19-21)17(7-4-8-17)11-14-5-2-1-3-6-14/h1-3,5-6,9-10,15H,4,7-8,11-13H2. The molecule has 1 saturated carbocycles. The van der Waals surface area contributed by atoms with E-state index in [2.05, 4.69) is 34.6 Å². The highest BCUT2D eigenvalue weighted by Gasteiger charge is 2.48. The Morgan fingerprint density at radius 2 is 2.00 bits per heavy atom. The largest absolute Gasteiger partial charge is 0.338 e. The van der Waals surface area contributed by atoms with Gasteiger partial charge in [0.25, 0.3) is 0 Å². The summed E-state index contributed by atoms with van der Waals surface area (Å²) in [7, 11) is 0. The lowest BCUT2D eigenvalue weighted by Crippen LogP contribution is -2.58. The average Bonchev–Trinajstić information content (AvgIpc) is 2.96. The summed E-state index contributed by atoms with van der Waals surface area (Å²) in [5.41, 5.74) is 1.11. The van der Waals surface area contributed by atoms with Gasteiger partial charge in [0.1, 0.15) is 0 Å². The molecular formula is C17H20N4O. The molecule has 1 amide bonds. The number of hydrogen-bond donors (Lipinski definition) is 0. The number of carbonyl (C=O) groups is 1. The van der Waals surface area contributed by atoms with Crippen LogP contribution in [0.3, 0.4) is 0 Å². The predicted octanol–water partition coefficient (Wildman–Crippen LogP) is 2.07. The van der Waals surface area contributed by atoms with E-state index in [9.17, 15) is 4.79 Å². The second kappa shape index (κ2) is 5.23. The van der Waals surface area contributed by atoms with Crippen LogP contribution in [0, 0.1) is 5.41 Å². The molecule has 2 fully saturated rings. The van der Waals surface area contributed by atoms with Crippen LogP contribution in [0.2, 0.25) is 0 Å². The fourth-order valence-corrected chi connectivity index (χ4v) is 3.59. The van der Waals surface area contributed by atoms with E-state index in [1.54, 1.807) is 6.20 Å². The zero-order chi connectivity index (χ0) is 15.0. The van der Waals surface area contributed by atoms with Gasteiger partial charge in [-0.2, -0.15) is 0 Å². The first-order chi connectivity index (χ1) is 10.8. The number of benzene rings is 1. The first kappa shape index (κ1) is 13.5. The van der Waals surface area contributed by atoms with Crippen LogP contribution in [0.1, 0.15) is 30.9 Å². The van der Waals surface area contributed by atoms with E-state index in [-0.39, 0.29) is 5.41 Å². The SMILES string of the molecule is O=C(N1CC(n2ccnn2)C1)C1(Cc2ccccc2)CCC1. The number of hydrogen-bond acceptors (Lipinski definition) is 3. The van der Waals surface area contributed by atoms with Crippen molar-refractivity contribution < 1.29 is 4.79 Å². The van der Waals surface area contributed by atoms with Crippen LogP contribution in [0.5, 0.6) is 0 Å². The molecule has 0 spiro atoms. The van der Waals surface area contributed by atoms with E-state index in [0.717, 1.165) is 32.4 Å². The number of likely N-dealkylation sites (tertiary alicyclic amines) is 1. The summed E-state index contributed by atoms with van der Waals surface area (Å²) in [6.07, 6.45) is 7.63. The molecule has 22 heavy (non-hydrogen) atoms. The van der Waals surface area contributed by atoms with Gasteiger partial charge in [-0.15, -0.1) is 5.10 Å². The third kappa shape index (κ3) is 2.21. The molecule has 0 bridgehead atoms. The Balaban J connectivity index is 1.43. The lowest BCUT2D eigenvalue weighted by molar-refractivity contribution is -0.154. The van der Waals surface area contributed by atoms with Crippen LogP contribution < -0.4 is 0 Å². The minimum Gasteiger partial charge on any atom is -0.338 e. The van der Waals surface area contributed by atoms with Crippen LogP contribution >= 0.6 is 0 Å². The molecule has 1 saturated heterocycles. The van der Waals surface area contributed by atoms with Gasteiger partial charge in [0, 0.05) is 19.3 Å². The second-order valence-corrected chi connectivity index (χ2v) is 6.54. The van der Waals surface area contributed by atoms with Crippen molar-refractivity contribution in [3.8, 4) is 0 Å². The van der Waals surface area contributed by atoms with Gasteiger partial charge >= 0.3 is 0 Å². The van der Waals surface area contributed by atoms with Crippen LogP contribution in [-0.2, 0) is 11.2 Å². The molecule has 2 heterocycles. The molecule has 4 rings (SSSR count). The highest BCUT2D eigenvalue weighted by atomic mass is 16.2. The van der Waals surface area contributed by atoms with Gasteiger partial charge in [-0.05, 0) is 24.8 Å². The quantitative estimate of drug-likeness (QED) is 0.868. The molecule has 2 aromatic rings. The lowest BCUT2D eigenvalue weighted by atomic mass is 9.64. The van der Waals surface area contributed by atoms with Gasteiger partial charge in [0.2, 0.25) is 5.91 Å². The van der Waals surface area contributed by atoms with E-state index in [1.165, 1.54) is 12.0 Å². The molecule has 1 aromatic heterocycles. The Kier molecular flexibility index (Phi) is 3.21. The molecule has 5 heteroatoms. The fraction of sp³-hybridized carbons (Fsp3) is 0.471. The molecule has 0 radical (unpaired) electrons. The van der Waals surface area contributed by atoms with Crippen molar-refractivity contribution >= 4 is 5.91 Å². The lowest BCUT2D eigenvalue weighted by Gasteiger charge is -2.48. The zero-order valence-corrected chi connectivity index (χ0v) is 12.6. The van der Waals surface area contributed by atoms with Crippen molar-refractivity contribution in [1.29, 1.82) is 0 Å². The Hall–Kier alpha value is -2.17. The second-order valence-electron chi connectivity index (χ2n) is 6.54. The molecule has 5 nitrogen and oxygen atoms in total. The van der Waals surface area contributed by atoms with Crippen LogP contribution in [-0.4, -0.2) is 38.9 Å². The molecule has 1 aromatic carbocycles. The van der Waals surface area contributed by atoms with Crippen molar-refractivity contribution in [2.24, 2.45) is 5.41 Å². The van der Waals surface area contributed by atoms with E-state index in [0.29, 0.717) is 11.9 Å². The van der Waals surface area contributed by atoms with E-state index < -0.39 is 0 Å². The number of amides is 1. The molecule has 1 aliphatic heterocycles. The number of aromatic nitrogens is 3. The highest BCUT2D eigenvalue weighted by Crippen LogP contribution is 2.46. The van der Waals surface area contributed by atoms with Crippen LogP contribution in [0.25, 0.3) is 0 Å². The highest BCUT2D eigenvalue weighted by molar-refractivity contribution is 5.84. The molecule has 0 N–H and O–H groups in total. The molecule has 1 aliphatic carbocycles. The number of nitrogens with zero attached hydrogens (tertiary/aromatic N) is 4. The van der Waals surface area contributed by atoms with Crippen molar-refractivity contribution in [3.63, 3.8) is 0 Å². The van der Waals surface area contributed by atoms with Gasteiger partial charge in [0.05, 0.1) is 17.7 Å². The molecule has 2 aliphatic rings. The Labute approximate surface area is 129 Å². The predicted molar refractivity (Wildman–Crippen MR) is 82.1 cm³/mol. The van der Waals surface area contributed by atoms with E-state index in [4.69, 9.17) is 0 Å². The van der Waals surface area contributed by atoms with Crippen LogP contribution in [0.15, 0.2) is 42.7 Å². The average molecular weight is 296 g/mol. The monoisotopic (exact) mass is 296 g/mol. The maximum atomic E-state index is 12.9. The topological polar surface area (TPSA) is 51.0 Å². The fourth-order valence-electron chi connectivity index (χ4n) is 3.59. The van der Waals surface area contributed by atoms with Gasteiger partial charge in [-0.3, -0.25) is 4.79 Å². The Morgan fingerprint density at radius 3 is 2.59 bits per heavy atom. The van der Waals surface area contributed by atoms with Crippen molar-refractivity contribution in [3.05, 3.63) is 48.3 Å². The van der Waals surface area contributed by atoms with E-state index >= 15 is 0 Å². The zero-order valence-electron chi connectivity index (χ0n) is 12.6. The number of carbonyl (C=O) groups excluding carboxylic acids is 1.